The minimum atomic E-state index is -0.931. The zero-order valence-corrected chi connectivity index (χ0v) is 11.4. The van der Waals surface area contributed by atoms with Gasteiger partial charge >= 0.3 is 17.9 Å². The van der Waals surface area contributed by atoms with E-state index in [-0.39, 0.29) is 18.8 Å². The van der Waals surface area contributed by atoms with E-state index in [9.17, 15) is 14.4 Å². The van der Waals surface area contributed by atoms with Crippen molar-refractivity contribution >= 4 is 17.9 Å². The number of aliphatic hydroxyl groups excluding tert-OH is 1. The summed E-state index contributed by atoms with van der Waals surface area (Å²) in [5.74, 6) is -1.51. The highest BCUT2D eigenvalue weighted by Crippen LogP contribution is 2.13. The van der Waals surface area contributed by atoms with Crippen LogP contribution in [0.3, 0.4) is 0 Å². The maximum Gasteiger partial charge on any atom is 0.305 e. The molecule has 0 fully saturated rings. The van der Waals surface area contributed by atoms with Crippen molar-refractivity contribution in [2.75, 3.05) is 13.7 Å². The lowest BCUT2D eigenvalue weighted by Gasteiger charge is -2.24. The lowest BCUT2D eigenvalue weighted by Crippen LogP contribution is -2.37. The summed E-state index contributed by atoms with van der Waals surface area (Å²) in [6.45, 7) is 1.95. The zero-order chi connectivity index (χ0) is 14.8. The van der Waals surface area contributed by atoms with Crippen molar-refractivity contribution in [1.29, 1.82) is 0 Å². The van der Waals surface area contributed by atoms with Gasteiger partial charge in [0.05, 0.1) is 13.7 Å². The van der Waals surface area contributed by atoms with Gasteiger partial charge in [0.25, 0.3) is 0 Å². The molecule has 7 nitrogen and oxygen atoms in total. The molecule has 110 valence electrons. The minimum Gasteiger partial charge on any atom is -0.469 e. The first-order chi connectivity index (χ1) is 8.90. The molecule has 0 unspecified atom stereocenters. The van der Waals surface area contributed by atoms with Crippen LogP contribution in [0.2, 0.25) is 0 Å². The second kappa shape index (κ2) is 9.32. The molecule has 0 aromatic rings. The average Bonchev–Trinajstić information content (AvgIpc) is 2.33. The molecule has 0 radical (unpaired) electrons. The van der Waals surface area contributed by atoms with Gasteiger partial charge < -0.3 is 19.3 Å². The predicted octanol–water partition coefficient (Wildman–Crippen LogP) is 0.185. The summed E-state index contributed by atoms with van der Waals surface area (Å²) in [7, 11) is 1.28. The fourth-order valence-corrected chi connectivity index (χ4v) is 1.53. The lowest BCUT2D eigenvalue weighted by atomic mass is 10.1. The molecule has 19 heavy (non-hydrogen) atoms. The Labute approximate surface area is 111 Å². The van der Waals surface area contributed by atoms with Crippen molar-refractivity contribution in [3.63, 3.8) is 0 Å². The van der Waals surface area contributed by atoms with E-state index in [1.54, 1.807) is 0 Å². The summed E-state index contributed by atoms with van der Waals surface area (Å²) in [4.78, 5) is 32.8. The van der Waals surface area contributed by atoms with Crippen molar-refractivity contribution in [2.45, 2.75) is 45.3 Å². The molecule has 1 N–H and O–H groups in total. The quantitative estimate of drug-likeness (QED) is 0.499. The van der Waals surface area contributed by atoms with Crippen LogP contribution in [0.5, 0.6) is 0 Å². The van der Waals surface area contributed by atoms with Gasteiger partial charge in [0.2, 0.25) is 0 Å². The minimum absolute atomic E-state index is 0.159. The third kappa shape index (κ3) is 8.15. The molecule has 0 saturated heterocycles. The van der Waals surface area contributed by atoms with E-state index < -0.39 is 30.8 Å². The highest BCUT2D eigenvalue weighted by Gasteiger charge is 2.26. The highest BCUT2D eigenvalue weighted by molar-refractivity contribution is 5.69. The van der Waals surface area contributed by atoms with Gasteiger partial charge in [-0.15, -0.1) is 0 Å². The molecule has 7 heteroatoms. The Kier molecular flexibility index (Phi) is 8.52. The van der Waals surface area contributed by atoms with Gasteiger partial charge in [0, 0.05) is 20.3 Å². The molecule has 0 rings (SSSR count). The number of carbonyl (C=O) groups excluding carboxylic acids is 3. The SMILES string of the molecule is COC(=O)CCC[C@H](OC(C)=O)[C@H](CO)OC(C)=O. The summed E-state index contributed by atoms with van der Waals surface area (Å²) >= 11 is 0. The predicted molar refractivity (Wildman–Crippen MR) is 64.1 cm³/mol. The summed E-state index contributed by atoms with van der Waals surface area (Å²) in [5.41, 5.74) is 0. The molecule has 2 atom stereocenters. The molecule has 0 aromatic carbocycles. The molecule has 0 saturated carbocycles. The largest absolute Gasteiger partial charge is 0.469 e. The molecule has 0 aliphatic heterocycles. The molecule has 0 amide bonds. The van der Waals surface area contributed by atoms with Gasteiger partial charge in [-0.05, 0) is 12.8 Å². The number of hydrogen-bond donors (Lipinski definition) is 1. The molecule has 0 aliphatic rings. The number of aliphatic hydroxyl groups is 1. The Hall–Kier alpha value is -1.63. The average molecular weight is 276 g/mol. The first-order valence-electron chi connectivity index (χ1n) is 5.92. The van der Waals surface area contributed by atoms with Gasteiger partial charge in [-0.1, -0.05) is 0 Å². The van der Waals surface area contributed by atoms with E-state index >= 15 is 0 Å². The van der Waals surface area contributed by atoms with Crippen molar-refractivity contribution in [1.82, 2.24) is 0 Å². The Balaban J connectivity index is 4.45. The topological polar surface area (TPSA) is 99.1 Å². The molecular formula is C12H20O7. The van der Waals surface area contributed by atoms with Crippen molar-refractivity contribution in [2.24, 2.45) is 0 Å². The van der Waals surface area contributed by atoms with E-state index in [1.807, 2.05) is 0 Å². The number of rotatable bonds is 8. The fraction of sp³-hybridized carbons (Fsp3) is 0.750. The van der Waals surface area contributed by atoms with Crippen molar-refractivity contribution in [3.05, 3.63) is 0 Å². The van der Waals surface area contributed by atoms with E-state index in [4.69, 9.17) is 14.6 Å². The first kappa shape index (κ1) is 17.4. The first-order valence-corrected chi connectivity index (χ1v) is 5.92. The van der Waals surface area contributed by atoms with Crippen LogP contribution in [0.1, 0.15) is 33.1 Å². The van der Waals surface area contributed by atoms with Gasteiger partial charge in [-0.25, -0.2) is 0 Å². The van der Waals surface area contributed by atoms with E-state index in [2.05, 4.69) is 4.74 Å². The molecule has 0 spiro atoms. The molecular weight excluding hydrogens is 256 g/mol. The number of methoxy groups -OCH3 is 1. The number of ether oxygens (including phenoxy) is 3. The highest BCUT2D eigenvalue weighted by atomic mass is 16.6. The van der Waals surface area contributed by atoms with E-state index in [0.717, 1.165) is 0 Å². The van der Waals surface area contributed by atoms with Crippen LogP contribution >= 0.6 is 0 Å². The van der Waals surface area contributed by atoms with Crippen molar-refractivity contribution < 1.29 is 33.7 Å². The Bertz CT molecular complexity index is 313. The molecule has 0 bridgehead atoms. The second-order valence-electron chi connectivity index (χ2n) is 3.95. The van der Waals surface area contributed by atoms with Gasteiger partial charge in [-0.3, -0.25) is 14.4 Å². The summed E-state index contributed by atoms with van der Waals surface area (Å²) in [6, 6.07) is 0. The van der Waals surface area contributed by atoms with Crippen LogP contribution in [0.15, 0.2) is 0 Å². The van der Waals surface area contributed by atoms with E-state index in [1.165, 1.54) is 21.0 Å². The van der Waals surface area contributed by atoms with Crippen molar-refractivity contribution in [3.8, 4) is 0 Å². The standard InChI is InChI=1S/C12H20O7/c1-8(14)18-10(5-4-6-12(16)17-3)11(7-13)19-9(2)15/h10-11,13H,4-7H2,1-3H3/t10-,11-/m0/s1. The molecule has 0 aromatic heterocycles. The number of hydrogen-bond acceptors (Lipinski definition) is 7. The summed E-state index contributed by atoms with van der Waals surface area (Å²) in [6.07, 6.45) is -0.877. The third-order valence-electron chi connectivity index (χ3n) is 2.33. The Morgan fingerprint density at radius 2 is 1.58 bits per heavy atom. The third-order valence-corrected chi connectivity index (χ3v) is 2.33. The van der Waals surface area contributed by atoms with Crippen LogP contribution in [-0.2, 0) is 28.6 Å². The summed E-state index contributed by atoms with van der Waals surface area (Å²) in [5, 5.41) is 9.15. The van der Waals surface area contributed by atoms with Gasteiger partial charge in [0.15, 0.2) is 6.10 Å². The van der Waals surface area contributed by atoms with Crippen LogP contribution in [0.4, 0.5) is 0 Å². The van der Waals surface area contributed by atoms with Crippen LogP contribution in [0, 0.1) is 0 Å². The van der Waals surface area contributed by atoms with E-state index in [0.29, 0.717) is 6.42 Å². The van der Waals surface area contributed by atoms with Crippen LogP contribution in [-0.4, -0.2) is 48.9 Å². The lowest BCUT2D eigenvalue weighted by molar-refractivity contribution is -0.169. The smallest absolute Gasteiger partial charge is 0.305 e. The molecule has 0 aliphatic carbocycles. The Morgan fingerprint density at radius 3 is 2.00 bits per heavy atom. The van der Waals surface area contributed by atoms with Crippen LogP contribution < -0.4 is 0 Å². The number of esters is 3. The maximum absolute atomic E-state index is 11.0. The Morgan fingerprint density at radius 1 is 1.05 bits per heavy atom. The fourth-order valence-electron chi connectivity index (χ4n) is 1.53. The zero-order valence-electron chi connectivity index (χ0n) is 11.4. The molecule has 0 heterocycles. The second-order valence-corrected chi connectivity index (χ2v) is 3.95. The normalized spacial score (nSPS) is 13.3. The number of carbonyl (C=O) groups is 3. The van der Waals surface area contributed by atoms with Gasteiger partial charge in [0.1, 0.15) is 6.10 Å². The summed E-state index contributed by atoms with van der Waals surface area (Å²) < 4.78 is 14.3. The monoisotopic (exact) mass is 276 g/mol. The van der Waals surface area contributed by atoms with Gasteiger partial charge in [-0.2, -0.15) is 0 Å². The maximum atomic E-state index is 11.0. The van der Waals surface area contributed by atoms with Crippen LogP contribution in [0.25, 0.3) is 0 Å².